The minimum Gasteiger partial charge on any atom is -0.487 e. The molecular formula is C15H14F2OS. The summed E-state index contributed by atoms with van der Waals surface area (Å²) in [4.78, 5) is 0. The fraction of sp³-hybridized carbons (Fsp3) is 0.200. The third kappa shape index (κ3) is 3.47. The molecule has 0 aromatic heterocycles. The van der Waals surface area contributed by atoms with Crippen LogP contribution in [-0.4, -0.2) is 12.4 Å². The first-order chi connectivity index (χ1) is 9.22. The second-order valence-corrected chi connectivity index (χ2v) is 4.52. The summed E-state index contributed by atoms with van der Waals surface area (Å²) in [5, 5.41) is 0. The molecule has 1 atom stereocenters. The molecule has 2 rings (SSSR count). The standard InChI is InChI=1S/C15H14F2OS/c16-13-7-4-8-14(17)15(13)18-9-12(10-19)11-5-2-1-3-6-11/h1-8,12,19H,9-10H2. The Balaban J connectivity index is 2.09. The predicted octanol–water partition coefficient (Wildman–Crippen LogP) is 4.06. The lowest BCUT2D eigenvalue weighted by molar-refractivity contribution is 0.269. The van der Waals surface area contributed by atoms with E-state index in [-0.39, 0.29) is 18.3 Å². The summed E-state index contributed by atoms with van der Waals surface area (Å²) < 4.78 is 32.1. The largest absolute Gasteiger partial charge is 0.487 e. The summed E-state index contributed by atoms with van der Waals surface area (Å²) in [5.41, 5.74) is 1.04. The summed E-state index contributed by atoms with van der Waals surface area (Å²) in [6.45, 7) is 0.186. The van der Waals surface area contributed by atoms with Gasteiger partial charge in [-0.3, -0.25) is 0 Å². The maximum Gasteiger partial charge on any atom is 0.190 e. The SMILES string of the molecule is Fc1cccc(F)c1OCC(CS)c1ccccc1. The highest BCUT2D eigenvalue weighted by atomic mass is 32.1. The summed E-state index contributed by atoms with van der Waals surface area (Å²) in [6.07, 6.45) is 0. The lowest BCUT2D eigenvalue weighted by Crippen LogP contribution is -2.13. The number of hydrogen-bond acceptors (Lipinski definition) is 2. The van der Waals surface area contributed by atoms with Gasteiger partial charge in [-0.05, 0) is 17.7 Å². The first-order valence-corrected chi connectivity index (χ1v) is 6.58. The minimum atomic E-state index is -0.689. The van der Waals surface area contributed by atoms with E-state index in [0.717, 1.165) is 5.56 Å². The van der Waals surface area contributed by atoms with Gasteiger partial charge in [-0.25, -0.2) is 8.78 Å². The van der Waals surface area contributed by atoms with Gasteiger partial charge in [0.15, 0.2) is 17.4 Å². The number of thiol groups is 1. The van der Waals surface area contributed by atoms with Crippen LogP contribution in [0, 0.1) is 11.6 Å². The van der Waals surface area contributed by atoms with Gasteiger partial charge in [-0.2, -0.15) is 12.6 Å². The van der Waals surface area contributed by atoms with Crippen molar-refractivity contribution in [2.24, 2.45) is 0 Å². The molecule has 0 N–H and O–H groups in total. The average molecular weight is 280 g/mol. The number of hydrogen-bond donors (Lipinski definition) is 1. The third-order valence-corrected chi connectivity index (χ3v) is 3.28. The highest BCUT2D eigenvalue weighted by Crippen LogP contribution is 2.24. The van der Waals surface area contributed by atoms with Crippen molar-refractivity contribution < 1.29 is 13.5 Å². The minimum absolute atomic E-state index is 0.0106. The van der Waals surface area contributed by atoms with Crippen molar-refractivity contribution in [2.75, 3.05) is 12.4 Å². The van der Waals surface area contributed by atoms with Gasteiger partial charge in [-0.1, -0.05) is 36.4 Å². The van der Waals surface area contributed by atoms with Crippen molar-refractivity contribution >= 4 is 12.6 Å². The Hall–Kier alpha value is -1.55. The molecule has 0 saturated carbocycles. The molecule has 0 radical (unpaired) electrons. The van der Waals surface area contributed by atoms with E-state index < -0.39 is 11.6 Å². The van der Waals surface area contributed by atoms with Crippen LogP contribution in [0.5, 0.6) is 5.75 Å². The monoisotopic (exact) mass is 280 g/mol. The Bertz CT molecular complexity index is 511. The molecule has 4 heteroatoms. The topological polar surface area (TPSA) is 9.23 Å². The van der Waals surface area contributed by atoms with Crippen molar-refractivity contribution in [3.05, 3.63) is 65.7 Å². The zero-order valence-electron chi connectivity index (χ0n) is 10.2. The van der Waals surface area contributed by atoms with Crippen LogP contribution in [0.2, 0.25) is 0 Å². The molecule has 0 aliphatic rings. The third-order valence-electron chi connectivity index (χ3n) is 2.84. The summed E-state index contributed by atoms with van der Waals surface area (Å²) in [6, 6.07) is 13.3. The van der Waals surface area contributed by atoms with Gasteiger partial charge in [0, 0.05) is 11.7 Å². The molecule has 0 bridgehead atoms. The highest BCUT2D eigenvalue weighted by Gasteiger charge is 2.14. The molecule has 1 unspecified atom stereocenters. The molecule has 2 aromatic rings. The van der Waals surface area contributed by atoms with E-state index >= 15 is 0 Å². The van der Waals surface area contributed by atoms with Crippen LogP contribution in [0.4, 0.5) is 8.78 Å². The number of benzene rings is 2. The lowest BCUT2D eigenvalue weighted by atomic mass is 10.0. The zero-order chi connectivity index (χ0) is 13.7. The predicted molar refractivity (Wildman–Crippen MR) is 74.9 cm³/mol. The van der Waals surface area contributed by atoms with Gasteiger partial charge in [0.05, 0.1) is 6.61 Å². The molecule has 1 nitrogen and oxygen atoms in total. The summed E-state index contributed by atoms with van der Waals surface area (Å²) in [7, 11) is 0. The van der Waals surface area contributed by atoms with Crippen molar-refractivity contribution in [3.63, 3.8) is 0 Å². The van der Waals surface area contributed by atoms with Crippen molar-refractivity contribution in [2.45, 2.75) is 5.92 Å². The quantitative estimate of drug-likeness (QED) is 0.813. The smallest absolute Gasteiger partial charge is 0.190 e. The second kappa shape index (κ2) is 6.57. The first-order valence-electron chi connectivity index (χ1n) is 5.95. The van der Waals surface area contributed by atoms with Crippen molar-refractivity contribution in [3.8, 4) is 5.75 Å². The van der Waals surface area contributed by atoms with Gasteiger partial charge >= 0.3 is 0 Å². The fourth-order valence-corrected chi connectivity index (χ4v) is 2.10. The first kappa shape index (κ1) is 13.9. The Morgan fingerprint density at radius 3 is 2.16 bits per heavy atom. The number of ether oxygens (including phenoxy) is 1. The van der Waals surface area contributed by atoms with E-state index in [2.05, 4.69) is 12.6 Å². The molecule has 0 fully saturated rings. The van der Waals surface area contributed by atoms with E-state index in [9.17, 15) is 8.78 Å². The van der Waals surface area contributed by atoms with Gasteiger partial charge in [0.1, 0.15) is 0 Å². The molecule has 19 heavy (non-hydrogen) atoms. The van der Waals surface area contributed by atoms with Crippen LogP contribution < -0.4 is 4.74 Å². The maximum absolute atomic E-state index is 13.4. The molecule has 0 saturated heterocycles. The van der Waals surface area contributed by atoms with E-state index in [1.54, 1.807) is 0 Å². The number of para-hydroxylation sites is 1. The van der Waals surface area contributed by atoms with Crippen LogP contribution in [0.3, 0.4) is 0 Å². The fourth-order valence-electron chi connectivity index (χ4n) is 1.78. The molecule has 100 valence electrons. The maximum atomic E-state index is 13.4. The Morgan fingerprint density at radius 2 is 1.58 bits per heavy atom. The van der Waals surface area contributed by atoms with Crippen LogP contribution >= 0.6 is 12.6 Å². The Morgan fingerprint density at radius 1 is 0.947 bits per heavy atom. The van der Waals surface area contributed by atoms with Gasteiger partial charge in [-0.15, -0.1) is 0 Å². The second-order valence-electron chi connectivity index (χ2n) is 4.15. The molecule has 0 aliphatic carbocycles. The summed E-state index contributed by atoms with van der Waals surface area (Å²) in [5.74, 6) is -1.18. The average Bonchev–Trinajstić information content (AvgIpc) is 2.43. The normalized spacial score (nSPS) is 12.2. The Labute approximate surface area is 116 Å². The van der Waals surface area contributed by atoms with Crippen molar-refractivity contribution in [1.29, 1.82) is 0 Å². The van der Waals surface area contributed by atoms with Crippen molar-refractivity contribution in [1.82, 2.24) is 0 Å². The molecular weight excluding hydrogens is 266 g/mol. The number of rotatable bonds is 5. The molecule has 0 spiro atoms. The van der Waals surface area contributed by atoms with E-state index in [1.165, 1.54) is 18.2 Å². The van der Waals surface area contributed by atoms with Gasteiger partial charge in [0.2, 0.25) is 0 Å². The highest BCUT2D eigenvalue weighted by molar-refractivity contribution is 7.80. The van der Waals surface area contributed by atoms with Crippen LogP contribution in [0.15, 0.2) is 48.5 Å². The lowest BCUT2D eigenvalue weighted by Gasteiger charge is -2.16. The Kier molecular flexibility index (Phi) is 4.80. The van der Waals surface area contributed by atoms with E-state index in [4.69, 9.17) is 4.74 Å². The molecule has 0 aliphatic heterocycles. The van der Waals surface area contributed by atoms with E-state index in [0.29, 0.717) is 5.75 Å². The van der Waals surface area contributed by atoms with Gasteiger partial charge < -0.3 is 4.74 Å². The molecule has 0 heterocycles. The van der Waals surface area contributed by atoms with Crippen LogP contribution in [0.1, 0.15) is 11.5 Å². The molecule has 0 amide bonds. The van der Waals surface area contributed by atoms with Crippen LogP contribution in [0.25, 0.3) is 0 Å². The van der Waals surface area contributed by atoms with E-state index in [1.807, 2.05) is 30.3 Å². The molecule has 2 aromatic carbocycles. The number of halogens is 2. The zero-order valence-corrected chi connectivity index (χ0v) is 11.1. The van der Waals surface area contributed by atoms with Crippen LogP contribution in [-0.2, 0) is 0 Å². The van der Waals surface area contributed by atoms with Gasteiger partial charge in [0.25, 0.3) is 0 Å². The summed E-state index contributed by atoms with van der Waals surface area (Å²) >= 11 is 4.26.